The van der Waals surface area contributed by atoms with Crippen molar-refractivity contribution in [3.05, 3.63) is 24.3 Å². The lowest BCUT2D eigenvalue weighted by Crippen LogP contribution is -2.58. The highest BCUT2D eigenvalue weighted by molar-refractivity contribution is 5.92. The zero-order chi connectivity index (χ0) is 23.1. The van der Waals surface area contributed by atoms with Gasteiger partial charge < -0.3 is 4.74 Å². The number of unbranched alkanes of at least 4 members (excludes halogenated alkanes) is 2. The second-order valence-corrected chi connectivity index (χ2v) is 11.1. The molecule has 3 fully saturated rings. The first-order valence-corrected chi connectivity index (χ1v) is 12.8. The van der Waals surface area contributed by atoms with E-state index >= 15 is 0 Å². The molecule has 0 radical (unpaired) electrons. The lowest BCUT2D eigenvalue weighted by atomic mass is 9.46. The Morgan fingerprint density at radius 3 is 2.56 bits per heavy atom. The van der Waals surface area contributed by atoms with E-state index in [1.165, 1.54) is 5.57 Å². The standard InChI is InChI=1S/C28H40O4/c1-5-7-8-9-25(31)32-28(19(3)29)17-14-23-22-11-10-20-18-21(30)12-16-27(20,6-2)24(22)13-15-26(23,28)4/h6,18,22-24H,2,5,7-17H2,1,3-4H3/t22?,23-,24-,26?,27?,28-/m0/s1. The normalized spacial score (nSPS) is 40.5. The van der Waals surface area contributed by atoms with Gasteiger partial charge >= 0.3 is 5.97 Å². The Kier molecular flexibility index (Phi) is 6.28. The van der Waals surface area contributed by atoms with Gasteiger partial charge in [-0.05, 0) is 82.1 Å². The van der Waals surface area contributed by atoms with Crippen molar-refractivity contribution in [2.75, 3.05) is 0 Å². The number of Topliss-reactive ketones (excluding diaryl/α,β-unsaturated/α-hetero) is 1. The number of carbonyl (C=O) groups is 3. The summed E-state index contributed by atoms with van der Waals surface area (Å²) in [5, 5.41) is 0. The number of esters is 1. The van der Waals surface area contributed by atoms with Crippen molar-refractivity contribution in [1.29, 1.82) is 0 Å². The van der Waals surface area contributed by atoms with Crippen molar-refractivity contribution in [2.45, 2.75) is 103 Å². The van der Waals surface area contributed by atoms with Crippen LogP contribution in [0.5, 0.6) is 0 Å². The van der Waals surface area contributed by atoms with Gasteiger partial charge in [0.15, 0.2) is 17.2 Å². The van der Waals surface area contributed by atoms with Gasteiger partial charge in [-0.1, -0.05) is 38.3 Å². The first-order valence-electron chi connectivity index (χ1n) is 12.8. The maximum atomic E-state index is 13.1. The maximum absolute atomic E-state index is 13.1. The second kappa shape index (κ2) is 8.57. The van der Waals surface area contributed by atoms with Crippen molar-refractivity contribution in [3.63, 3.8) is 0 Å². The van der Waals surface area contributed by atoms with E-state index in [-0.39, 0.29) is 28.4 Å². The first kappa shape index (κ1) is 23.4. The van der Waals surface area contributed by atoms with Crippen molar-refractivity contribution < 1.29 is 19.1 Å². The molecule has 0 aromatic heterocycles. The summed E-state index contributed by atoms with van der Waals surface area (Å²) in [6.45, 7) is 10.2. The molecule has 0 aromatic rings. The topological polar surface area (TPSA) is 60.4 Å². The number of fused-ring (bicyclic) bond motifs is 5. The summed E-state index contributed by atoms with van der Waals surface area (Å²) in [4.78, 5) is 38.0. The van der Waals surface area contributed by atoms with Crippen LogP contribution in [0.4, 0.5) is 0 Å². The van der Waals surface area contributed by atoms with Gasteiger partial charge in [0, 0.05) is 23.7 Å². The molecule has 3 unspecified atom stereocenters. The minimum absolute atomic E-state index is 0.0166. The lowest BCUT2D eigenvalue weighted by molar-refractivity contribution is -0.188. The molecule has 6 atom stereocenters. The molecule has 4 aliphatic carbocycles. The fraction of sp³-hybridized carbons (Fsp3) is 0.750. The molecule has 0 N–H and O–H groups in total. The van der Waals surface area contributed by atoms with Crippen LogP contribution < -0.4 is 0 Å². The highest BCUT2D eigenvalue weighted by Crippen LogP contribution is 2.68. The Morgan fingerprint density at radius 2 is 1.88 bits per heavy atom. The number of hydrogen-bond acceptors (Lipinski definition) is 4. The number of rotatable bonds is 7. The van der Waals surface area contributed by atoms with Crippen molar-refractivity contribution in [1.82, 2.24) is 0 Å². The molecule has 4 heteroatoms. The molecular weight excluding hydrogens is 400 g/mol. The zero-order valence-corrected chi connectivity index (χ0v) is 20.2. The van der Waals surface area contributed by atoms with E-state index in [0.717, 1.165) is 57.8 Å². The van der Waals surface area contributed by atoms with Gasteiger partial charge in [-0.25, -0.2) is 0 Å². The minimum atomic E-state index is -0.980. The number of hydrogen-bond donors (Lipinski definition) is 0. The molecule has 176 valence electrons. The summed E-state index contributed by atoms with van der Waals surface area (Å²) < 4.78 is 6.17. The van der Waals surface area contributed by atoms with Gasteiger partial charge in [0.05, 0.1) is 0 Å². The molecule has 3 saturated carbocycles. The largest absolute Gasteiger partial charge is 0.450 e. The fourth-order valence-corrected chi connectivity index (χ4v) is 8.24. The highest BCUT2D eigenvalue weighted by atomic mass is 16.6. The summed E-state index contributed by atoms with van der Waals surface area (Å²) in [5.74, 6) is 1.38. The first-order chi connectivity index (χ1) is 15.2. The molecule has 0 saturated heterocycles. The van der Waals surface area contributed by atoms with Crippen LogP contribution in [0.25, 0.3) is 0 Å². The van der Waals surface area contributed by atoms with Gasteiger partial charge in [-0.3, -0.25) is 14.4 Å². The van der Waals surface area contributed by atoms with Crippen LogP contribution in [0.3, 0.4) is 0 Å². The monoisotopic (exact) mass is 440 g/mol. The zero-order valence-electron chi connectivity index (χ0n) is 20.2. The third-order valence-electron chi connectivity index (χ3n) is 9.89. The molecule has 4 aliphatic rings. The number of ether oxygens (including phenoxy) is 1. The molecule has 4 rings (SSSR count). The van der Waals surface area contributed by atoms with Crippen LogP contribution in [0.2, 0.25) is 0 Å². The van der Waals surface area contributed by atoms with Crippen LogP contribution in [0.1, 0.15) is 97.8 Å². The molecule has 4 nitrogen and oxygen atoms in total. The molecular formula is C28H40O4. The quantitative estimate of drug-likeness (QED) is 0.271. The van der Waals surface area contributed by atoms with Gasteiger partial charge in [-0.15, -0.1) is 6.58 Å². The molecule has 0 aliphatic heterocycles. The SMILES string of the molecule is C=CC12CCC(=O)C=C1CCC1[C@@H]2CCC2(C)[C@H]1CC[C@]2(OC(=O)CCCCC)C(C)=O. The molecule has 32 heavy (non-hydrogen) atoms. The minimum Gasteiger partial charge on any atom is -0.450 e. The smallest absolute Gasteiger partial charge is 0.306 e. The average Bonchev–Trinajstić information content (AvgIpc) is 3.07. The Bertz CT molecular complexity index is 840. The van der Waals surface area contributed by atoms with Crippen molar-refractivity contribution in [3.8, 4) is 0 Å². The van der Waals surface area contributed by atoms with Crippen molar-refractivity contribution in [2.24, 2.45) is 28.6 Å². The Balaban J connectivity index is 1.62. The fourth-order valence-electron chi connectivity index (χ4n) is 8.24. The van der Waals surface area contributed by atoms with E-state index in [2.05, 4.69) is 26.5 Å². The third kappa shape index (κ3) is 3.35. The molecule has 0 spiro atoms. The van der Waals surface area contributed by atoms with E-state index < -0.39 is 5.60 Å². The average molecular weight is 441 g/mol. The summed E-state index contributed by atoms with van der Waals surface area (Å²) in [5.41, 5.74) is -0.0802. The molecule has 0 bridgehead atoms. The highest BCUT2D eigenvalue weighted by Gasteiger charge is 2.68. The Labute approximate surface area is 193 Å². The van der Waals surface area contributed by atoms with Crippen LogP contribution >= 0.6 is 0 Å². The van der Waals surface area contributed by atoms with Crippen LogP contribution in [0.15, 0.2) is 24.3 Å². The maximum Gasteiger partial charge on any atom is 0.306 e. The van der Waals surface area contributed by atoms with E-state index in [4.69, 9.17) is 4.74 Å². The van der Waals surface area contributed by atoms with Crippen LogP contribution in [-0.2, 0) is 19.1 Å². The van der Waals surface area contributed by atoms with Gasteiger partial charge in [-0.2, -0.15) is 0 Å². The van der Waals surface area contributed by atoms with Gasteiger partial charge in [0.2, 0.25) is 0 Å². The summed E-state index contributed by atoms with van der Waals surface area (Å²) in [6.07, 6.45) is 14.3. The lowest BCUT2D eigenvalue weighted by Gasteiger charge is -2.59. The van der Waals surface area contributed by atoms with E-state index in [1.54, 1.807) is 6.92 Å². The van der Waals surface area contributed by atoms with Crippen LogP contribution in [-0.4, -0.2) is 23.1 Å². The third-order valence-corrected chi connectivity index (χ3v) is 9.89. The molecule has 0 aromatic carbocycles. The predicted molar refractivity (Wildman–Crippen MR) is 125 cm³/mol. The molecule has 0 heterocycles. The van der Waals surface area contributed by atoms with Gasteiger partial charge in [0.25, 0.3) is 0 Å². The Morgan fingerprint density at radius 1 is 1.12 bits per heavy atom. The number of ketones is 2. The van der Waals surface area contributed by atoms with E-state index in [1.807, 2.05) is 6.08 Å². The predicted octanol–water partition coefficient (Wildman–Crippen LogP) is 6.14. The summed E-state index contributed by atoms with van der Waals surface area (Å²) in [6, 6.07) is 0. The summed E-state index contributed by atoms with van der Waals surface area (Å²) in [7, 11) is 0. The van der Waals surface area contributed by atoms with E-state index in [0.29, 0.717) is 37.0 Å². The number of allylic oxidation sites excluding steroid dienone is 2. The van der Waals surface area contributed by atoms with Crippen molar-refractivity contribution >= 4 is 17.5 Å². The summed E-state index contributed by atoms with van der Waals surface area (Å²) >= 11 is 0. The van der Waals surface area contributed by atoms with E-state index in [9.17, 15) is 14.4 Å². The van der Waals surface area contributed by atoms with Crippen LogP contribution in [0, 0.1) is 28.6 Å². The van der Waals surface area contributed by atoms with Gasteiger partial charge in [0.1, 0.15) is 0 Å². The molecule has 0 amide bonds. The second-order valence-electron chi connectivity index (χ2n) is 11.1. The Hall–Kier alpha value is -1.71. The number of carbonyl (C=O) groups excluding carboxylic acids is 3.